The van der Waals surface area contributed by atoms with E-state index in [1.807, 2.05) is 19.4 Å². The van der Waals surface area contributed by atoms with Gasteiger partial charge in [0.15, 0.2) is 0 Å². The molecule has 126 valence electrons. The highest BCUT2D eigenvalue weighted by molar-refractivity contribution is 5.23. The number of hydrogen-bond donors (Lipinski definition) is 0. The molecule has 0 saturated heterocycles. The van der Waals surface area contributed by atoms with Gasteiger partial charge < -0.3 is 0 Å². The van der Waals surface area contributed by atoms with Crippen molar-refractivity contribution in [1.82, 2.24) is 0 Å². The number of fused-ring (bicyclic) bond motifs is 5. The smallest absolute Gasteiger partial charge is 0.00853 e. The minimum atomic E-state index is 0.595. The first-order valence-electron chi connectivity index (χ1n) is 10.4. The largest absolute Gasteiger partial charge is 0.0879 e. The van der Waals surface area contributed by atoms with Crippen molar-refractivity contribution >= 4 is 0 Å². The third-order valence-electron chi connectivity index (χ3n) is 8.08. The Morgan fingerprint density at radius 2 is 1.64 bits per heavy atom. The third kappa shape index (κ3) is 2.49. The van der Waals surface area contributed by atoms with Crippen LogP contribution in [0.3, 0.4) is 0 Å². The topological polar surface area (TPSA) is 0 Å². The average molecular weight is 303 g/mol. The monoisotopic (exact) mass is 302 g/mol. The second kappa shape index (κ2) is 6.70. The summed E-state index contributed by atoms with van der Waals surface area (Å²) in [4.78, 5) is 0. The van der Waals surface area contributed by atoms with E-state index < -0.39 is 0 Å². The molecule has 0 spiro atoms. The quantitative estimate of drug-likeness (QED) is 0.422. The lowest BCUT2D eigenvalue weighted by molar-refractivity contribution is -0.0403. The maximum Gasteiger partial charge on any atom is -0.00853 e. The maximum absolute atomic E-state index is 2.61. The molecule has 0 aliphatic heterocycles. The molecule has 0 bridgehead atoms. The summed E-state index contributed by atoms with van der Waals surface area (Å²) in [6, 6.07) is 0. The first-order valence-corrected chi connectivity index (χ1v) is 10.4. The second-order valence-corrected chi connectivity index (χ2v) is 8.53. The van der Waals surface area contributed by atoms with Crippen molar-refractivity contribution in [3.05, 3.63) is 11.6 Å². The molecule has 4 fully saturated rings. The fourth-order valence-corrected chi connectivity index (χ4v) is 7.15. The van der Waals surface area contributed by atoms with Crippen LogP contribution in [0.4, 0.5) is 0 Å². The number of hydrogen-bond acceptors (Lipinski definition) is 0. The van der Waals surface area contributed by atoms with Crippen LogP contribution in [0.1, 0.15) is 91.9 Å². The van der Waals surface area contributed by atoms with Crippen molar-refractivity contribution in [2.45, 2.75) is 91.9 Å². The van der Waals surface area contributed by atoms with Crippen LogP contribution < -0.4 is 0 Å². The molecule has 0 nitrogen and oxygen atoms in total. The van der Waals surface area contributed by atoms with Crippen LogP contribution in [-0.4, -0.2) is 0 Å². The van der Waals surface area contributed by atoms with Gasteiger partial charge in [-0.1, -0.05) is 51.7 Å². The SMILES string of the molecule is C/C=C1/CCC2C3CCC4CCCCC4C3CCC12C.CC. The van der Waals surface area contributed by atoms with Crippen molar-refractivity contribution < 1.29 is 0 Å². The van der Waals surface area contributed by atoms with Crippen LogP contribution in [0.2, 0.25) is 0 Å². The van der Waals surface area contributed by atoms with Crippen molar-refractivity contribution in [3.63, 3.8) is 0 Å². The Morgan fingerprint density at radius 3 is 2.41 bits per heavy atom. The molecular formula is C22H38. The minimum absolute atomic E-state index is 0.595. The standard InChI is InChI=1S/C20H32.C2H6/c1-3-15-9-11-19-18-10-8-14-6-4-5-7-16(14)17(18)12-13-20(15,19)2;1-2/h3,14,16-19H,4-13H2,1-2H3;1-2H3/b15-3-;. The summed E-state index contributed by atoms with van der Waals surface area (Å²) < 4.78 is 0. The molecular weight excluding hydrogens is 264 g/mol. The Hall–Kier alpha value is -0.260. The van der Waals surface area contributed by atoms with E-state index in [1.165, 1.54) is 32.1 Å². The van der Waals surface area contributed by atoms with Crippen molar-refractivity contribution in [2.24, 2.45) is 35.0 Å². The molecule has 6 atom stereocenters. The second-order valence-electron chi connectivity index (χ2n) is 8.53. The van der Waals surface area contributed by atoms with Crippen LogP contribution in [0.5, 0.6) is 0 Å². The summed E-state index contributed by atoms with van der Waals surface area (Å²) in [5, 5.41) is 0. The van der Waals surface area contributed by atoms with Gasteiger partial charge >= 0.3 is 0 Å². The van der Waals surface area contributed by atoms with E-state index in [0.29, 0.717) is 5.41 Å². The van der Waals surface area contributed by atoms with E-state index in [1.54, 1.807) is 32.1 Å². The Labute approximate surface area is 139 Å². The molecule has 4 saturated carbocycles. The van der Waals surface area contributed by atoms with E-state index in [9.17, 15) is 0 Å². The normalized spacial score (nSPS) is 48.7. The van der Waals surface area contributed by atoms with Crippen LogP contribution in [0.25, 0.3) is 0 Å². The molecule has 0 radical (unpaired) electrons. The Morgan fingerprint density at radius 1 is 0.864 bits per heavy atom. The molecule has 0 N–H and O–H groups in total. The maximum atomic E-state index is 2.61. The fourth-order valence-electron chi connectivity index (χ4n) is 7.15. The van der Waals surface area contributed by atoms with E-state index in [2.05, 4.69) is 19.9 Å². The first-order chi connectivity index (χ1) is 10.7. The van der Waals surface area contributed by atoms with E-state index in [-0.39, 0.29) is 0 Å². The predicted octanol–water partition coefficient (Wildman–Crippen LogP) is 7.00. The number of rotatable bonds is 0. The van der Waals surface area contributed by atoms with Gasteiger partial charge in [-0.3, -0.25) is 0 Å². The average Bonchev–Trinajstić information content (AvgIpc) is 2.93. The van der Waals surface area contributed by atoms with Crippen molar-refractivity contribution in [2.75, 3.05) is 0 Å². The van der Waals surface area contributed by atoms with Crippen LogP contribution in [0.15, 0.2) is 11.6 Å². The van der Waals surface area contributed by atoms with Crippen LogP contribution in [-0.2, 0) is 0 Å². The third-order valence-corrected chi connectivity index (χ3v) is 8.08. The highest BCUT2D eigenvalue weighted by Crippen LogP contribution is 2.63. The number of allylic oxidation sites excluding steroid dienone is 2. The molecule has 0 amide bonds. The van der Waals surface area contributed by atoms with Gasteiger partial charge in [-0.2, -0.15) is 0 Å². The van der Waals surface area contributed by atoms with E-state index in [0.717, 1.165) is 29.6 Å². The molecule has 0 aromatic heterocycles. The van der Waals surface area contributed by atoms with Gasteiger partial charge in [-0.15, -0.1) is 0 Å². The molecule has 0 heterocycles. The van der Waals surface area contributed by atoms with Gasteiger partial charge in [0.25, 0.3) is 0 Å². The Balaban J connectivity index is 0.000000693. The zero-order valence-electron chi connectivity index (χ0n) is 15.5. The zero-order valence-corrected chi connectivity index (χ0v) is 15.5. The molecule has 4 aliphatic rings. The van der Waals surface area contributed by atoms with Gasteiger partial charge in [0.2, 0.25) is 0 Å². The molecule has 4 aliphatic carbocycles. The van der Waals surface area contributed by atoms with Gasteiger partial charge in [0.1, 0.15) is 0 Å². The summed E-state index contributed by atoms with van der Waals surface area (Å²) in [5.74, 6) is 5.49. The Kier molecular flexibility index (Phi) is 5.05. The first kappa shape index (κ1) is 16.6. The van der Waals surface area contributed by atoms with Crippen molar-refractivity contribution in [3.8, 4) is 0 Å². The molecule has 0 heteroatoms. The molecule has 0 aromatic rings. The predicted molar refractivity (Wildman–Crippen MR) is 96.8 cm³/mol. The summed E-state index contributed by atoms with van der Waals surface area (Å²) in [6.45, 7) is 8.90. The Bertz CT molecular complexity index is 406. The summed E-state index contributed by atoms with van der Waals surface area (Å²) in [5.41, 5.74) is 2.41. The van der Waals surface area contributed by atoms with E-state index in [4.69, 9.17) is 0 Å². The van der Waals surface area contributed by atoms with Crippen LogP contribution >= 0.6 is 0 Å². The molecule has 6 unspecified atom stereocenters. The van der Waals surface area contributed by atoms with E-state index >= 15 is 0 Å². The summed E-state index contributed by atoms with van der Waals surface area (Å²) in [6.07, 6.45) is 17.8. The van der Waals surface area contributed by atoms with Gasteiger partial charge in [-0.05, 0) is 86.9 Å². The molecule has 4 rings (SSSR count). The lowest BCUT2D eigenvalue weighted by atomic mass is 9.50. The molecule has 22 heavy (non-hydrogen) atoms. The van der Waals surface area contributed by atoms with Crippen LogP contribution in [0, 0.1) is 35.0 Å². The molecule has 0 aromatic carbocycles. The fraction of sp³-hybridized carbons (Fsp3) is 0.909. The lowest BCUT2D eigenvalue weighted by Gasteiger charge is -2.55. The lowest BCUT2D eigenvalue weighted by Crippen LogP contribution is -2.46. The summed E-state index contributed by atoms with van der Waals surface area (Å²) in [7, 11) is 0. The highest BCUT2D eigenvalue weighted by atomic mass is 14.6. The van der Waals surface area contributed by atoms with Gasteiger partial charge in [0, 0.05) is 0 Å². The van der Waals surface area contributed by atoms with Gasteiger partial charge in [0.05, 0.1) is 0 Å². The minimum Gasteiger partial charge on any atom is -0.0879 e. The zero-order chi connectivity index (χ0) is 15.7. The highest BCUT2D eigenvalue weighted by Gasteiger charge is 2.54. The van der Waals surface area contributed by atoms with Gasteiger partial charge in [-0.25, -0.2) is 0 Å². The van der Waals surface area contributed by atoms with Crippen molar-refractivity contribution in [1.29, 1.82) is 0 Å². The summed E-state index contributed by atoms with van der Waals surface area (Å²) >= 11 is 0.